The molecule has 0 bridgehead atoms. The third kappa shape index (κ3) is 5.51. The van der Waals surface area contributed by atoms with Crippen LogP contribution in [-0.2, 0) is 5.54 Å². The van der Waals surface area contributed by atoms with Crippen LogP contribution in [0.4, 0.5) is 0 Å². The van der Waals surface area contributed by atoms with E-state index >= 15 is 0 Å². The van der Waals surface area contributed by atoms with Crippen molar-refractivity contribution in [2.75, 3.05) is 6.61 Å². The lowest BCUT2D eigenvalue weighted by molar-refractivity contribution is 0.0915. The first-order chi connectivity index (χ1) is 17.1. The van der Waals surface area contributed by atoms with Gasteiger partial charge in [-0.25, -0.2) is 5.43 Å². The fourth-order valence-corrected chi connectivity index (χ4v) is 4.08. The molecule has 0 radical (unpaired) electrons. The maximum Gasteiger partial charge on any atom is 0.269 e. The Morgan fingerprint density at radius 1 is 0.714 bits per heavy atom. The summed E-state index contributed by atoms with van der Waals surface area (Å²) in [6.45, 7) is 4.44. The zero-order chi connectivity index (χ0) is 24.5. The number of benzene rings is 4. The second kappa shape index (κ2) is 11.3. The van der Waals surface area contributed by atoms with Gasteiger partial charge in [-0.15, -0.1) is 0 Å². The second-order valence-electron chi connectivity index (χ2n) is 8.52. The molecule has 0 saturated carbocycles. The molecule has 4 aromatic carbocycles. The molecule has 176 valence electrons. The summed E-state index contributed by atoms with van der Waals surface area (Å²) in [5.41, 5.74) is 10.2. The molecule has 0 saturated heterocycles. The van der Waals surface area contributed by atoms with Crippen molar-refractivity contribution in [1.29, 1.82) is 0 Å². The molecule has 0 unspecified atom stereocenters. The van der Waals surface area contributed by atoms with Gasteiger partial charge in [-0.1, -0.05) is 109 Å². The lowest BCUT2D eigenvalue weighted by Crippen LogP contribution is -2.53. The SMILES string of the molecule is CC(C)=CCOc1ccccc1C(=O)NNC(c1ccccc1)(c1ccccc1)c1ccccc1. The van der Waals surface area contributed by atoms with Crippen LogP contribution in [0.15, 0.2) is 127 Å². The molecule has 35 heavy (non-hydrogen) atoms. The van der Waals surface area contributed by atoms with E-state index < -0.39 is 5.54 Å². The van der Waals surface area contributed by atoms with Gasteiger partial charge in [0, 0.05) is 0 Å². The summed E-state index contributed by atoms with van der Waals surface area (Å²) in [4.78, 5) is 13.4. The molecular formula is C31H30N2O2. The number of hydrogen-bond donors (Lipinski definition) is 2. The number of carbonyl (C=O) groups is 1. The number of hydrogen-bond acceptors (Lipinski definition) is 3. The van der Waals surface area contributed by atoms with E-state index in [1.165, 1.54) is 0 Å². The molecule has 0 fully saturated rings. The predicted molar refractivity (Wildman–Crippen MR) is 141 cm³/mol. The number of ether oxygens (including phenoxy) is 1. The third-order valence-corrected chi connectivity index (χ3v) is 5.85. The minimum absolute atomic E-state index is 0.273. The van der Waals surface area contributed by atoms with E-state index in [0.717, 1.165) is 22.3 Å². The summed E-state index contributed by atoms with van der Waals surface area (Å²) in [5.74, 6) is 0.263. The number of amides is 1. The highest BCUT2D eigenvalue weighted by Crippen LogP contribution is 2.36. The molecule has 0 aliphatic heterocycles. The van der Waals surface area contributed by atoms with Gasteiger partial charge >= 0.3 is 0 Å². The first-order valence-corrected chi connectivity index (χ1v) is 11.7. The second-order valence-corrected chi connectivity index (χ2v) is 8.52. The van der Waals surface area contributed by atoms with Crippen LogP contribution in [0.1, 0.15) is 40.9 Å². The van der Waals surface area contributed by atoms with Gasteiger partial charge in [0.2, 0.25) is 0 Å². The van der Waals surface area contributed by atoms with E-state index in [4.69, 9.17) is 4.74 Å². The lowest BCUT2D eigenvalue weighted by atomic mass is 9.77. The summed E-state index contributed by atoms with van der Waals surface area (Å²) in [6, 6.07) is 37.7. The highest BCUT2D eigenvalue weighted by Gasteiger charge is 2.36. The van der Waals surface area contributed by atoms with E-state index in [-0.39, 0.29) is 5.91 Å². The molecular weight excluding hydrogens is 432 g/mol. The summed E-state index contributed by atoms with van der Waals surface area (Å²) in [5, 5.41) is 0. The van der Waals surface area contributed by atoms with Gasteiger partial charge in [0.15, 0.2) is 0 Å². The van der Waals surface area contributed by atoms with Crippen LogP contribution in [0.5, 0.6) is 5.75 Å². The average Bonchev–Trinajstić information content (AvgIpc) is 2.91. The Morgan fingerprint density at radius 3 is 1.66 bits per heavy atom. The van der Waals surface area contributed by atoms with Crippen molar-refractivity contribution in [2.45, 2.75) is 19.4 Å². The lowest BCUT2D eigenvalue weighted by Gasteiger charge is -2.37. The first-order valence-electron chi connectivity index (χ1n) is 11.7. The normalized spacial score (nSPS) is 10.9. The molecule has 4 nitrogen and oxygen atoms in total. The number of rotatable bonds is 9. The molecule has 4 rings (SSSR count). The molecule has 0 heterocycles. The average molecular weight is 463 g/mol. The third-order valence-electron chi connectivity index (χ3n) is 5.85. The maximum atomic E-state index is 13.4. The zero-order valence-electron chi connectivity index (χ0n) is 20.1. The summed E-state index contributed by atoms with van der Waals surface area (Å²) < 4.78 is 5.89. The molecule has 0 atom stereocenters. The molecule has 4 heteroatoms. The van der Waals surface area contributed by atoms with Crippen LogP contribution in [0.25, 0.3) is 0 Å². The molecule has 0 aliphatic rings. The van der Waals surface area contributed by atoms with E-state index in [1.54, 1.807) is 6.07 Å². The van der Waals surface area contributed by atoms with E-state index in [9.17, 15) is 4.79 Å². The number of para-hydroxylation sites is 1. The Labute approximate surface area is 207 Å². The number of hydrazine groups is 1. The fraction of sp³-hybridized carbons (Fsp3) is 0.129. The quantitative estimate of drug-likeness (QED) is 0.175. The summed E-state index contributed by atoms with van der Waals surface area (Å²) >= 11 is 0. The van der Waals surface area contributed by atoms with E-state index in [2.05, 4.69) is 47.2 Å². The summed E-state index contributed by atoms with van der Waals surface area (Å²) in [6.07, 6.45) is 1.98. The van der Waals surface area contributed by atoms with Crippen LogP contribution in [0, 0.1) is 0 Å². The standard InChI is InChI=1S/C31H30N2O2/c1-24(2)22-23-35-29-21-13-12-20-28(29)30(34)32-33-31(25-14-6-3-7-15-25,26-16-8-4-9-17-26)27-18-10-5-11-19-27/h3-22,33H,23H2,1-2H3,(H,32,34). The van der Waals surface area contributed by atoms with Crippen LogP contribution < -0.4 is 15.6 Å². The van der Waals surface area contributed by atoms with Gasteiger partial charge in [-0.2, -0.15) is 0 Å². The van der Waals surface area contributed by atoms with Gasteiger partial charge in [0.1, 0.15) is 17.9 Å². The number of carbonyl (C=O) groups excluding carboxylic acids is 1. The Hall–Kier alpha value is -4.15. The molecule has 1 amide bonds. The van der Waals surface area contributed by atoms with Crippen molar-refractivity contribution < 1.29 is 9.53 Å². The van der Waals surface area contributed by atoms with Gasteiger partial charge in [0.25, 0.3) is 5.91 Å². The summed E-state index contributed by atoms with van der Waals surface area (Å²) in [7, 11) is 0. The Bertz CT molecular complexity index is 1170. The van der Waals surface area contributed by atoms with Crippen molar-refractivity contribution in [3.8, 4) is 5.75 Å². The van der Waals surface area contributed by atoms with Crippen molar-refractivity contribution in [3.63, 3.8) is 0 Å². The Morgan fingerprint density at radius 2 is 1.17 bits per heavy atom. The van der Waals surface area contributed by atoms with Gasteiger partial charge in [-0.3, -0.25) is 10.2 Å². The van der Waals surface area contributed by atoms with Gasteiger partial charge in [0.05, 0.1) is 5.56 Å². The van der Waals surface area contributed by atoms with Crippen molar-refractivity contribution in [2.24, 2.45) is 0 Å². The highest BCUT2D eigenvalue weighted by molar-refractivity contribution is 5.96. The highest BCUT2D eigenvalue weighted by atomic mass is 16.5. The molecule has 4 aromatic rings. The van der Waals surface area contributed by atoms with Crippen LogP contribution in [0.3, 0.4) is 0 Å². The fourth-order valence-electron chi connectivity index (χ4n) is 4.08. The topological polar surface area (TPSA) is 50.4 Å². The molecule has 2 N–H and O–H groups in total. The maximum absolute atomic E-state index is 13.4. The molecule has 0 aliphatic carbocycles. The van der Waals surface area contributed by atoms with E-state index in [0.29, 0.717) is 17.9 Å². The van der Waals surface area contributed by atoms with Crippen LogP contribution in [0.2, 0.25) is 0 Å². The first kappa shape index (κ1) is 24.0. The Kier molecular flexibility index (Phi) is 7.76. The van der Waals surface area contributed by atoms with Crippen molar-refractivity contribution >= 4 is 5.91 Å². The van der Waals surface area contributed by atoms with Gasteiger partial charge < -0.3 is 4.74 Å². The Balaban J connectivity index is 1.72. The zero-order valence-corrected chi connectivity index (χ0v) is 20.1. The minimum atomic E-state index is -0.808. The minimum Gasteiger partial charge on any atom is -0.489 e. The largest absolute Gasteiger partial charge is 0.489 e. The van der Waals surface area contributed by atoms with Crippen LogP contribution in [-0.4, -0.2) is 12.5 Å². The number of allylic oxidation sites excluding steroid dienone is 1. The monoisotopic (exact) mass is 462 g/mol. The van der Waals surface area contributed by atoms with Crippen LogP contribution >= 0.6 is 0 Å². The number of nitrogens with one attached hydrogen (secondary N) is 2. The molecule has 0 spiro atoms. The van der Waals surface area contributed by atoms with E-state index in [1.807, 2.05) is 92.7 Å². The predicted octanol–water partition coefficient (Wildman–Crippen LogP) is 6.26. The van der Waals surface area contributed by atoms with Gasteiger partial charge in [-0.05, 0) is 48.7 Å². The van der Waals surface area contributed by atoms with Crippen molar-refractivity contribution in [3.05, 3.63) is 149 Å². The van der Waals surface area contributed by atoms with Crippen molar-refractivity contribution in [1.82, 2.24) is 10.9 Å². The molecule has 0 aromatic heterocycles. The smallest absolute Gasteiger partial charge is 0.269 e.